The minimum atomic E-state index is -3.73. The molecule has 0 aromatic heterocycles. The van der Waals surface area contributed by atoms with Gasteiger partial charge in [0.15, 0.2) is 0 Å². The van der Waals surface area contributed by atoms with Crippen molar-refractivity contribution < 1.29 is 22.7 Å². The van der Waals surface area contributed by atoms with E-state index in [-0.39, 0.29) is 16.6 Å². The quantitative estimate of drug-likeness (QED) is 0.617. The largest absolute Gasteiger partial charge is 0.492 e. The van der Waals surface area contributed by atoms with Gasteiger partial charge in [-0.1, -0.05) is 0 Å². The molecule has 0 aliphatic carbocycles. The molecule has 0 atom stereocenters. The van der Waals surface area contributed by atoms with E-state index in [4.69, 9.17) is 9.47 Å². The number of rotatable bonds is 9. The van der Waals surface area contributed by atoms with E-state index >= 15 is 0 Å². The molecule has 0 unspecified atom stereocenters. The molecule has 146 valence electrons. The lowest BCUT2D eigenvalue weighted by Crippen LogP contribution is -2.40. The summed E-state index contributed by atoms with van der Waals surface area (Å²) in [7, 11) is -1.90. The van der Waals surface area contributed by atoms with Crippen molar-refractivity contribution in [2.45, 2.75) is 24.7 Å². The Kier molecular flexibility index (Phi) is 7.83. The van der Waals surface area contributed by atoms with Gasteiger partial charge >= 0.3 is 0 Å². The van der Waals surface area contributed by atoms with Crippen LogP contribution in [0.2, 0.25) is 0 Å². The van der Waals surface area contributed by atoms with E-state index in [1.165, 1.54) is 10.4 Å². The maximum Gasteiger partial charge on any atom is 0.246 e. The molecule has 0 spiro atoms. The monoisotopic (exact) mass is 385 g/mol. The van der Waals surface area contributed by atoms with Crippen molar-refractivity contribution in [2.75, 3.05) is 51.8 Å². The Bertz CT molecular complexity index is 702. The number of morpholine rings is 1. The van der Waals surface area contributed by atoms with E-state index in [0.717, 1.165) is 6.54 Å². The van der Waals surface area contributed by atoms with Gasteiger partial charge in [0.25, 0.3) is 0 Å². The van der Waals surface area contributed by atoms with Crippen molar-refractivity contribution in [2.24, 2.45) is 0 Å². The van der Waals surface area contributed by atoms with Crippen LogP contribution in [-0.4, -0.2) is 65.1 Å². The van der Waals surface area contributed by atoms with E-state index in [2.05, 4.69) is 10.6 Å². The predicted molar refractivity (Wildman–Crippen MR) is 99.0 cm³/mol. The van der Waals surface area contributed by atoms with Crippen molar-refractivity contribution in [1.82, 2.24) is 9.62 Å². The Morgan fingerprint density at radius 3 is 2.69 bits per heavy atom. The third-order valence-electron chi connectivity index (χ3n) is 3.95. The average Bonchev–Trinajstić information content (AvgIpc) is 2.64. The fraction of sp³-hybridized carbons (Fsp3) is 0.588. The highest BCUT2D eigenvalue weighted by molar-refractivity contribution is 7.89. The SMILES string of the molecule is CCOc1ccc(NC(=O)CCCNC)cc1S(=O)(=O)N1CCOCC1. The lowest BCUT2D eigenvalue weighted by atomic mass is 10.2. The number of hydrogen-bond donors (Lipinski definition) is 2. The van der Waals surface area contributed by atoms with E-state index < -0.39 is 10.0 Å². The van der Waals surface area contributed by atoms with Gasteiger partial charge in [0.1, 0.15) is 10.6 Å². The van der Waals surface area contributed by atoms with Crippen LogP contribution in [0.4, 0.5) is 5.69 Å². The topological polar surface area (TPSA) is 97.0 Å². The van der Waals surface area contributed by atoms with Crippen molar-refractivity contribution in [3.63, 3.8) is 0 Å². The van der Waals surface area contributed by atoms with Crippen LogP contribution < -0.4 is 15.4 Å². The van der Waals surface area contributed by atoms with E-state index in [1.807, 2.05) is 7.05 Å². The zero-order chi connectivity index (χ0) is 19.0. The predicted octanol–water partition coefficient (Wildman–Crippen LogP) is 1.04. The second kappa shape index (κ2) is 9.86. The summed E-state index contributed by atoms with van der Waals surface area (Å²) in [4.78, 5) is 12.1. The molecule has 26 heavy (non-hydrogen) atoms. The Hall–Kier alpha value is -1.68. The highest BCUT2D eigenvalue weighted by Gasteiger charge is 2.29. The van der Waals surface area contributed by atoms with Crippen molar-refractivity contribution in [3.8, 4) is 5.75 Å². The van der Waals surface area contributed by atoms with Crippen molar-refractivity contribution in [1.29, 1.82) is 0 Å². The number of amides is 1. The van der Waals surface area contributed by atoms with Crippen LogP contribution in [0.25, 0.3) is 0 Å². The first-order chi connectivity index (χ1) is 12.5. The lowest BCUT2D eigenvalue weighted by Gasteiger charge is -2.27. The third kappa shape index (κ3) is 5.41. The molecule has 0 bridgehead atoms. The molecule has 1 amide bonds. The zero-order valence-electron chi connectivity index (χ0n) is 15.3. The van der Waals surface area contributed by atoms with E-state index in [1.54, 1.807) is 19.1 Å². The third-order valence-corrected chi connectivity index (χ3v) is 5.87. The second-order valence-electron chi connectivity index (χ2n) is 5.87. The molecular weight excluding hydrogens is 358 g/mol. The van der Waals surface area contributed by atoms with Crippen LogP contribution in [-0.2, 0) is 19.6 Å². The van der Waals surface area contributed by atoms with Gasteiger partial charge in [-0.3, -0.25) is 4.79 Å². The van der Waals surface area contributed by atoms with Crippen molar-refractivity contribution in [3.05, 3.63) is 18.2 Å². The van der Waals surface area contributed by atoms with Gasteiger partial charge in [0.2, 0.25) is 15.9 Å². The molecule has 1 aliphatic rings. The molecule has 8 nitrogen and oxygen atoms in total. The number of benzene rings is 1. The molecule has 2 rings (SSSR count). The minimum absolute atomic E-state index is 0.0641. The molecule has 9 heteroatoms. The summed E-state index contributed by atoms with van der Waals surface area (Å²) in [6.07, 6.45) is 1.07. The van der Waals surface area contributed by atoms with Crippen LogP contribution in [0.15, 0.2) is 23.1 Å². The number of carbonyl (C=O) groups excluding carboxylic acids is 1. The molecule has 1 aromatic carbocycles. The fourth-order valence-electron chi connectivity index (χ4n) is 2.64. The Morgan fingerprint density at radius 2 is 2.04 bits per heavy atom. The van der Waals surface area contributed by atoms with E-state index in [9.17, 15) is 13.2 Å². The Labute approximate surface area is 154 Å². The van der Waals surface area contributed by atoms with Crippen molar-refractivity contribution >= 4 is 21.6 Å². The summed E-state index contributed by atoms with van der Waals surface area (Å²) in [5, 5.41) is 5.74. The number of nitrogens with zero attached hydrogens (tertiary/aromatic N) is 1. The van der Waals surface area contributed by atoms with Gasteiger partial charge in [-0.05, 0) is 45.1 Å². The van der Waals surface area contributed by atoms with Crippen LogP contribution in [0, 0.1) is 0 Å². The summed E-state index contributed by atoms with van der Waals surface area (Å²) >= 11 is 0. The molecule has 1 saturated heterocycles. The molecule has 1 aliphatic heterocycles. The maximum absolute atomic E-state index is 13.0. The van der Waals surface area contributed by atoms with Gasteiger partial charge in [0, 0.05) is 25.2 Å². The Balaban J connectivity index is 2.23. The van der Waals surface area contributed by atoms with Gasteiger partial charge < -0.3 is 20.1 Å². The van der Waals surface area contributed by atoms with E-state index in [0.29, 0.717) is 51.4 Å². The van der Waals surface area contributed by atoms with Gasteiger partial charge in [-0.25, -0.2) is 8.42 Å². The number of nitrogens with one attached hydrogen (secondary N) is 2. The summed E-state index contributed by atoms with van der Waals surface area (Å²) in [5.41, 5.74) is 0.440. The highest BCUT2D eigenvalue weighted by atomic mass is 32.2. The summed E-state index contributed by atoms with van der Waals surface area (Å²) in [6, 6.07) is 4.70. The first kappa shape index (κ1) is 20.6. The number of ether oxygens (including phenoxy) is 2. The summed E-state index contributed by atoms with van der Waals surface area (Å²) in [6.45, 7) is 4.22. The fourth-order valence-corrected chi connectivity index (χ4v) is 4.20. The van der Waals surface area contributed by atoms with Crippen LogP contribution in [0.3, 0.4) is 0 Å². The number of carbonyl (C=O) groups is 1. The first-order valence-electron chi connectivity index (χ1n) is 8.78. The van der Waals surface area contributed by atoms with Gasteiger partial charge in [-0.15, -0.1) is 0 Å². The second-order valence-corrected chi connectivity index (χ2v) is 7.77. The zero-order valence-corrected chi connectivity index (χ0v) is 16.1. The molecule has 0 saturated carbocycles. The smallest absolute Gasteiger partial charge is 0.246 e. The number of hydrogen-bond acceptors (Lipinski definition) is 6. The molecule has 1 fully saturated rings. The first-order valence-corrected chi connectivity index (χ1v) is 10.2. The van der Waals surface area contributed by atoms with Crippen LogP contribution >= 0.6 is 0 Å². The van der Waals surface area contributed by atoms with Crippen LogP contribution in [0.1, 0.15) is 19.8 Å². The summed E-state index contributed by atoms with van der Waals surface area (Å²) in [5.74, 6) is 0.131. The highest BCUT2D eigenvalue weighted by Crippen LogP contribution is 2.30. The van der Waals surface area contributed by atoms with Gasteiger partial charge in [-0.2, -0.15) is 4.31 Å². The normalized spacial score (nSPS) is 15.6. The molecule has 1 aromatic rings. The minimum Gasteiger partial charge on any atom is -0.492 e. The molecular formula is C17H27N3O5S. The number of sulfonamides is 1. The van der Waals surface area contributed by atoms with Gasteiger partial charge in [0.05, 0.1) is 19.8 Å². The molecule has 2 N–H and O–H groups in total. The Morgan fingerprint density at radius 1 is 1.31 bits per heavy atom. The summed E-state index contributed by atoms with van der Waals surface area (Å²) < 4.78 is 38.1. The standard InChI is InChI=1S/C17H27N3O5S/c1-3-25-15-7-6-14(19-17(21)5-4-8-18-2)13-16(15)26(22,23)20-9-11-24-12-10-20/h6-7,13,18H,3-5,8-12H2,1-2H3,(H,19,21). The average molecular weight is 385 g/mol. The molecule has 1 heterocycles. The van der Waals surface area contributed by atoms with Crippen LogP contribution in [0.5, 0.6) is 5.75 Å². The number of anilines is 1. The molecule has 0 radical (unpaired) electrons. The maximum atomic E-state index is 13.0. The lowest BCUT2D eigenvalue weighted by molar-refractivity contribution is -0.116.